The third-order valence-electron chi connectivity index (χ3n) is 3.38. The van der Waals surface area contributed by atoms with E-state index in [1.807, 2.05) is 11.9 Å². The van der Waals surface area contributed by atoms with E-state index in [9.17, 15) is 4.79 Å². The molecule has 5 nitrogen and oxygen atoms in total. The summed E-state index contributed by atoms with van der Waals surface area (Å²) < 4.78 is 0. The van der Waals surface area contributed by atoms with Crippen molar-refractivity contribution in [1.29, 1.82) is 5.26 Å². The molecule has 1 aliphatic rings. The van der Waals surface area contributed by atoms with Crippen LogP contribution < -0.4 is 5.32 Å². The molecule has 1 heterocycles. The molecule has 6 heteroatoms. The van der Waals surface area contributed by atoms with Gasteiger partial charge in [-0.05, 0) is 25.2 Å². The highest BCUT2D eigenvalue weighted by molar-refractivity contribution is 6.33. The van der Waals surface area contributed by atoms with Crippen molar-refractivity contribution in [2.75, 3.05) is 45.1 Å². The number of nitrogens with zero attached hydrogens (tertiary/aromatic N) is 3. The van der Waals surface area contributed by atoms with Gasteiger partial charge in [0.05, 0.1) is 28.9 Å². The zero-order valence-electron chi connectivity index (χ0n) is 11.4. The van der Waals surface area contributed by atoms with E-state index < -0.39 is 0 Å². The molecule has 106 valence electrons. The van der Waals surface area contributed by atoms with E-state index in [1.54, 1.807) is 18.2 Å². The first-order valence-electron chi connectivity index (χ1n) is 6.50. The Bertz CT molecular complexity index is 532. The van der Waals surface area contributed by atoms with Gasteiger partial charge in [-0.15, -0.1) is 0 Å². The summed E-state index contributed by atoms with van der Waals surface area (Å²) in [4.78, 5) is 16.1. The highest BCUT2D eigenvalue weighted by atomic mass is 35.5. The molecule has 1 aliphatic heterocycles. The molecule has 0 saturated carbocycles. The van der Waals surface area contributed by atoms with Crippen LogP contribution in [0.5, 0.6) is 0 Å². The highest BCUT2D eigenvalue weighted by Gasteiger charge is 2.18. The van der Waals surface area contributed by atoms with Gasteiger partial charge < -0.3 is 15.1 Å². The van der Waals surface area contributed by atoms with Crippen LogP contribution >= 0.6 is 11.6 Å². The van der Waals surface area contributed by atoms with Crippen LogP contribution in [0.3, 0.4) is 0 Å². The van der Waals surface area contributed by atoms with Crippen LogP contribution in [0.4, 0.5) is 5.69 Å². The minimum absolute atomic E-state index is 0.0523. The van der Waals surface area contributed by atoms with Crippen molar-refractivity contribution in [2.24, 2.45) is 0 Å². The molecule has 0 bridgehead atoms. The van der Waals surface area contributed by atoms with E-state index in [-0.39, 0.29) is 12.5 Å². The van der Waals surface area contributed by atoms with Gasteiger partial charge in [0.25, 0.3) is 0 Å². The van der Waals surface area contributed by atoms with E-state index in [2.05, 4.69) is 16.3 Å². The first kappa shape index (κ1) is 14.6. The summed E-state index contributed by atoms with van der Waals surface area (Å²) in [6.45, 7) is 3.50. The Morgan fingerprint density at radius 3 is 2.75 bits per heavy atom. The maximum Gasteiger partial charge on any atom is 0.241 e. The van der Waals surface area contributed by atoms with Gasteiger partial charge in [0.1, 0.15) is 0 Å². The summed E-state index contributed by atoms with van der Waals surface area (Å²) in [7, 11) is 2.05. The monoisotopic (exact) mass is 292 g/mol. The third kappa shape index (κ3) is 3.62. The largest absolute Gasteiger partial charge is 0.375 e. The maximum atomic E-state index is 12.1. The van der Waals surface area contributed by atoms with Gasteiger partial charge in [-0.25, -0.2) is 0 Å². The molecule has 0 aliphatic carbocycles. The van der Waals surface area contributed by atoms with E-state index in [0.717, 1.165) is 26.2 Å². The van der Waals surface area contributed by atoms with Gasteiger partial charge in [-0.1, -0.05) is 11.6 Å². The summed E-state index contributed by atoms with van der Waals surface area (Å²) in [6, 6.07) is 7.01. The zero-order valence-corrected chi connectivity index (χ0v) is 12.2. The van der Waals surface area contributed by atoms with Gasteiger partial charge in [-0.3, -0.25) is 4.79 Å². The summed E-state index contributed by atoms with van der Waals surface area (Å²) >= 11 is 6.04. The van der Waals surface area contributed by atoms with E-state index in [0.29, 0.717) is 16.3 Å². The molecule has 0 radical (unpaired) electrons. The Labute approximate surface area is 123 Å². The van der Waals surface area contributed by atoms with Crippen molar-refractivity contribution in [3.05, 3.63) is 28.8 Å². The first-order chi connectivity index (χ1) is 9.60. The summed E-state index contributed by atoms with van der Waals surface area (Å²) in [5, 5.41) is 12.4. The molecule has 1 saturated heterocycles. The van der Waals surface area contributed by atoms with Crippen LogP contribution in [0.15, 0.2) is 18.2 Å². The molecule has 20 heavy (non-hydrogen) atoms. The van der Waals surface area contributed by atoms with E-state index >= 15 is 0 Å². The lowest BCUT2D eigenvalue weighted by Gasteiger charge is -2.32. The second-order valence-corrected chi connectivity index (χ2v) is 5.25. The number of anilines is 1. The van der Waals surface area contributed by atoms with Gasteiger partial charge in [0, 0.05) is 26.2 Å². The number of carbonyl (C=O) groups is 1. The van der Waals surface area contributed by atoms with Crippen LogP contribution in [0.25, 0.3) is 0 Å². The smallest absolute Gasteiger partial charge is 0.241 e. The van der Waals surface area contributed by atoms with Crippen LogP contribution in [-0.2, 0) is 4.79 Å². The Morgan fingerprint density at radius 2 is 2.10 bits per heavy atom. The number of benzene rings is 1. The van der Waals surface area contributed by atoms with Crippen LogP contribution in [0.1, 0.15) is 5.56 Å². The maximum absolute atomic E-state index is 12.1. The fourth-order valence-corrected chi connectivity index (χ4v) is 2.25. The second-order valence-electron chi connectivity index (χ2n) is 4.84. The standard InChI is InChI=1S/C14H17ClN4O/c1-18-4-6-19(7-5-18)14(20)10-17-13-8-11(9-16)2-3-12(13)15/h2-3,8,17H,4-7,10H2,1H3. The fraction of sp³-hybridized carbons (Fsp3) is 0.429. The van der Waals surface area contributed by atoms with E-state index in [1.165, 1.54) is 0 Å². The third-order valence-corrected chi connectivity index (χ3v) is 3.71. The van der Waals surface area contributed by atoms with Gasteiger partial charge >= 0.3 is 0 Å². The molecule has 0 spiro atoms. The molecule has 0 atom stereocenters. The number of rotatable bonds is 3. The minimum Gasteiger partial charge on any atom is -0.375 e. The quantitative estimate of drug-likeness (QED) is 0.915. The lowest BCUT2D eigenvalue weighted by atomic mass is 10.2. The molecule has 1 N–H and O–H groups in total. The Morgan fingerprint density at radius 1 is 1.40 bits per heavy atom. The number of hydrogen-bond donors (Lipinski definition) is 1. The van der Waals surface area contributed by atoms with Crippen LogP contribution in [0.2, 0.25) is 5.02 Å². The normalized spacial score (nSPS) is 15.8. The molecule has 1 amide bonds. The number of piperazine rings is 1. The lowest BCUT2D eigenvalue weighted by molar-refractivity contribution is -0.130. The molecular formula is C14H17ClN4O. The Kier molecular flexibility index (Phi) is 4.83. The van der Waals surface area contributed by atoms with Crippen molar-refractivity contribution in [1.82, 2.24) is 9.80 Å². The van der Waals surface area contributed by atoms with Crippen molar-refractivity contribution in [3.8, 4) is 6.07 Å². The number of halogens is 1. The SMILES string of the molecule is CN1CCN(C(=O)CNc2cc(C#N)ccc2Cl)CC1. The topological polar surface area (TPSA) is 59.4 Å². The summed E-state index contributed by atoms with van der Waals surface area (Å²) in [6.07, 6.45) is 0. The average Bonchev–Trinajstić information content (AvgIpc) is 2.47. The Balaban J connectivity index is 1.92. The highest BCUT2D eigenvalue weighted by Crippen LogP contribution is 2.22. The van der Waals surface area contributed by atoms with Crippen molar-refractivity contribution in [2.45, 2.75) is 0 Å². The van der Waals surface area contributed by atoms with Crippen LogP contribution in [-0.4, -0.2) is 55.5 Å². The molecule has 1 fully saturated rings. The number of amides is 1. The average molecular weight is 293 g/mol. The van der Waals surface area contributed by atoms with E-state index in [4.69, 9.17) is 16.9 Å². The molecular weight excluding hydrogens is 276 g/mol. The van der Waals surface area contributed by atoms with Gasteiger partial charge in [-0.2, -0.15) is 5.26 Å². The predicted octanol–water partition coefficient (Wildman–Crippen LogP) is 1.40. The van der Waals surface area contributed by atoms with Crippen LogP contribution in [0, 0.1) is 11.3 Å². The Hall–Kier alpha value is -1.77. The number of carbonyl (C=O) groups excluding carboxylic acids is 1. The molecule has 0 aromatic heterocycles. The number of nitrogens with one attached hydrogen (secondary N) is 1. The summed E-state index contributed by atoms with van der Waals surface area (Å²) in [5.74, 6) is 0.0523. The predicted molar refractivity (Wildman–Crippen MR) is 78.7 cm³/mol. The van der Waals surface area contributed by atoms with Crippen molar-refractivity contribution >= 4 is 23.2 Å². The number of nitriles is 1. The zero-order chi connectivity index (χ0) is 14.5. The first-order valence-corrected chi connectivity index (χ1v) is 6.88. The number of hydrogen-bond acceptors (Lipinski definition) is 4. The van der Waals surface area contributed by atoms with Gasteiger partial charge in [0.2, 0.25) is 5.91 Å². The minimum atomic E-state index is 0.0523. The van der Waals surface area contributed by atoms with Crippen molar-refractivity contribution < 1.29 is 4.79 Å². The molecule has 0 unspecified atom stereocenters. The molecule has 2 rings (SSSR count). The van der Waals surface area contributed by atoms with Gasteiger partial charge in [0.15, 0.2) is 0 Å². The second kappa shape index (κ2) is 6.60. The van der Waals surface area contributed by atoms with Crippen molar-refractivity contribution in [3.63, 3.8) is 0 Å². The molecule has 1 aromatic rings. The fourth-order valence-electron chi connectivity index (χ4n) is 2.07. The lowest BCUT2D eigenvalue weighted by Crippen LogP contribution is -2.48. The molecule has 1 aromatic carbocycles. The number of likely N-dealkylation sites (N-methyl/N-ethyl adjacent to an activating group) is 1. The summed E-state index contributed by atoms with van der Waals surface area (Å²) in [5.41, 5.74) is 1.14.